The molecule has 4 rings (SSSR count). The van der Waals surface area contributed by atoms with Crippen molar-refractivity contribution in [2.24, 2.45) is 0 Å². The zero-order valence-electron chi connectivity index (χ0n) is 17.8. The van der Waals surface area contributed by atoms with E-state index in [0.29, 0.717) is 0 Å². The van der Waals surface area contributed by atoms with Crippen LogP contribution in [0.25, 0.3) is 11.1 Å². The number of alkyl carbamates (subject to hydrolysis) is 1. The highest BCUT2D eigenvalue weighted by atomic mass is 16.6. The van der Waals surface area contributed by atoms with E-state index in [1.54, 1.807) is 12.1 Å². The fourth-order valence-corrected chi connectivity index (χ4v) is 3.95. The minimum atomic E-state index is -1.45. The molecule has 1 aliphatic rings. The molecule has 0 saturated carbocycles. The first-order valence-electron chi connectivity index (χ1n) is 10.6. The van der Waals surface area contributed by atoms with Gasteiger partial charge in [0.1, 0.15) is 19.3 Å². The molecule has 0 heterocycles. The molecule has 7 nitrogen and oxygen atoms in total. The van der Waals surface area contributed by atoms with Crippen molar-refractivity contribution >= 4 is 18.0 Å². The molecule has 0 saturated heterocycles. The molecule has 0 bridgehead atoms. The highest BCUT2D eigenvalue weighted by molar-refractivity contribution is 5.85. The summed E-state index contributed by atoms with van der Waals surface area (Å²) < 4.78 is 10.5. The molecule has 33 heavy (non-hydrogen) atoms. The van der Waals surface area contributed by atoms with E-state index in [1.165, 1.54) is 0 Å². The average molecular weight is 445 g/mol. The van der Waals surface area contributed by atoms with Gasteiger partial charge in [0, 0.05) is 5.92 Å². The Morgan fingerprint density at radius 3 is 2.00 bits per heavy atom. The molecule has 1 amide bonds. The number of carboxylic acid groups (broad SMARTS) is 1. The van der Waals surface area contributed by atoms with Crippen molar-refractivity contribution in [2.45, 2.75) is 25.0 Å². The summed E-state index contributed by atoms with van der Waals surface area (Å²) in [5, 5.41) is 11.7. The van der Waals surface area contributed by atoms with Gasteiger partial charge in [0.15, 0.2) is 0 Å². The highest BCUT2D eigenvalue weighted by Crippen LogP contribution is 2.44. The van der Waals surface area contributed by atoms with Gasteiger partial charge in [-0.05, 0) is 27.8 Å². The number of amides is 1. The minimum Gasteiger partial charge on any atom is -0.480 e. The van der Waals surface area contributed by atoms with Crippen LogP contribution in [0.1, 0.15) is 29.0 Å². The summed E-state index contributed by atoms with van der Waals surface area (Å²) in [6, 6.07) is 23.4. The van der Waals surface area contributed by atoms with Gasteiger partial charge < -0.3 is 19.9 Å². The number of ether oxygens (including phenoxy) is 2. The van der Waals surface area contributed by atoms with E-state index < -0.39 is 30.5 Å². The number of rotatable bonds is 8. The summed E-state index contributed by atoms with van der Waals surface area (Å²) in [5.41, 5.74) is 5.05. The number of hydrogen-bond donors (Lipinski definition) is 2. The lowest BCUT2D eigenvalue weighted by atomic mass is 9.98. The van der Waals surface area contributed by atoms with E-state index in [9.17, 15) is 19.5 Å². The lowest BCUT2D eigenvalue weighted by Crippen LogP contribution is -2.43. The Morgan fingerprint density at radius 2 is 1.39 bits per heavy atom. The Morgan fingerprint density at radius 1 is 0.818 bits per heavy atom. The largest absolute Gasteiger partial charge is 0.480 e. The molecule has 3 aromatic rings. The van der Waals surface area contributed by atoms with Gasteiger partial charge in [0.05, 0.1) is 6.42 Å². The lowest BCUT2D eigenvalue weighted by Gasteiger charge is -2.17. The number of fused-ring (bicyclic) bond motifs is 3. The summed E-state index contributed by atoms with van der Waals surface area (Å²) in [4.78, 5) is 36.0. The lowest BCUT2D eigenvalue weighted by molar-refractivity contribution is -0.150. The molecule has 0 radical (unpaired) electrons. The van der Waals surface area contributed by atoms with Crippen LogP contribution in [-0.2, 0) is 25.7 Å². The first kappa shape index (κ1) is 22.1. The van der Waals surface area contributed by atoms with Gasteiger partial charge >= 0.3 is 18.0 Å². The van der Waals surface area contributed by atoms with E-state index in [4.69, 9.17) is 9.47 Å². The quantitative estimate of drug-likeness (QED) is 0.506. The Labute approximate surface area is 191 Å². The van der Waals surface area contributed by atoms with Crippen LogP contribution in [0.3, 0.4) is 0 Å². The number of esters is 1. The molecule has 0 aromatic heterocycles. The third-order valence-corrected chi connectivity index (χ3v) is 5.55. The number of nitrogens with one attached hydrogen (secondary N) is 1. The molecule has 2 N–H and O–H groups in total. The van der Waals surface area contributed by atoms with Crippen LogP contribution >= 0.6 is 0 Å². The summed E-state index contributed by atoms with van der Waals surface area (Å²) >= 11 is 0. The van der Waals surface area contributed by atoms with Crippen LogP contribution in [0.5, 0.6) is 0 Å². The van der Waals surface area contributed by atoms with E-state index >= 15 is 0 Å². The Hall–Kier alpha value is -4.13. The third-order valence-electron chi connectivity index (χ3n) is 5.55. The Kier molecular flexibility index (Phi) is 6.69. The first-order valence-corrected chi connectivity index (χ1v) is 10.6. The zero-order chi connectivity index (χ0) is 23.2. The molecule has 1 aliphatic carbocycles. The number of aliphatic carboxylic acids is 1. The van der Waals surface area contributed by atoms with Gasteiger partial charge in [0.25, 0.3) is 0 Å². The normalized spacial score (nSPS) is 12.8. The molecule has 0 fully saturated rings. The third kappa shape index (κ3) is 5.20. The monoisotopic (exact) mass is 445 g/mol. The summed E-state index contributed by atoms with van der Waals surface area (Å²) in [6.45, 7) is 0.0710. The first-order chi connectivity index (χ1) is 16.0. The topological polar surface area (TPSA) is 102 Å². The van der Waals surface area contributed by atoms with Gasteiger partial charge in [-0.2, -0.15) is 0 Å². The second kappa shape index (κ2) is 9.99. The standard InChI is InChI=1S/C26H23NO6/c28-24(32-15-17-8-2-1-3-9-17)14-23(25(29)30)27-26(31)33-16-22-20-12-6-4-10-18(20)19-11-5-7-13-21(19)22/h1-13,22-23H,14-16H2,(H,27,31)(H,29,30)/t23-/m1/s1. The number of carboxylic acids is 1. The highest BCUT2D eigenvalue weighted by Gasteiger charge is 2.30. The van der Waals surface area contributed by atoms with Crippen molar-refractivity contribution in [3.8, 4) is 11.1 Å². The van der Waals surface area contributed by atoms with Crippen LogP contribution in [0.2, 0.25) is 0 Å². The fraction of sp³-hybridized carbons (Fsp3) is 0.192. The van der Waals surface area contributed by atoms with Crippen molar-refractivity contribution < 1.29 is 29.0 Å². The predicted octanol–water partition coefficient (Wildman–Crippen LogP) is 4.11. The van der Waals surface area contributed by atoms with Crippen molar-refractivity contribution in [3.63, 3.8) is 0 Å². The number of benzene rings is 3. The van der Waals surface area contributed by atoms with Crippen molar-refractivity contribution in [3.05, 3.63) is 95.6 Å². The van der Waals surface area contributed by atoms with E-state index in [0.717, 1.165) is 27.8 Å². The second-order valence-electron chi connectivity index (χ2n) is 7.71. The van der Waals surface area contributed by atoms with Gasteiger partial charge in [0.2, 0.25) is 0 Å². The summed E-state index contributed by atoms with van der Waals surface area (Å²) in [7, 11) is 0. The van der Waals surface area contributed by atoms with Crippen LogP contribution < -0.4 is 5.32 Å². The molecule has 7 heteroatoms. The van der Waals surface area contributed by atoms with Crippen LogP contribution in [0.4, 0.5) is 4.79 Å². The van der Waals surface area contributed by atoms with Crippen LogP contribution in [-0.4, -0.2) is 35.8 Å². The molecular weight excluding hydrogens is 422 g/mol. The second-order valence-corrected chi connectivity index (χ2v) is 7.71. The molecule has 168 valence electrons. The number of carbonyl (C=O) groups excluding carboxylic acids is 2. The Balaban J connectivity index is 1.33. The molecule has 0 aliphatic heterocycles. The molecule has 0 spiro atoms. The van der Waals surface area contributed by atoms with Gasteiger partial charge in [-0.1, -0.05) is 78.9 Å². The fourth-order valence-electron chi connectivity index (χ4n) is 3.95. The maximum Gasteiger partial charge on any atom is 0.407 e. The summed E-state index contributed by atoms with van der Waals surface area (Å²) in [5.74, 6) is -2.23. The maximum absolute atomic E-state index is 12.4. The minimum absolute atomic E-state index is 0.0248. The van der Waals surface area contributed by atoms with Crippen LogP contribution in [0.15, 0.2) is 78.9 Å². The smallest absolute Gasteiger partial charge is 0.407 e. The Bertz CT molecular complexity index is 1110. The molecular formula is C26H23NO6. The zero-order valence-corrected chi connectivity index (χ0v) is 17.8. The summed E-state index contributed by atoms with van der Waals surface area (Å²) in [6.07, 6.45) is -1.41. The maximum atomic E-state index is 12.4. The predicted molar refractivity (Wildman–Crippen MR) is 120 cm³/mol. The number of hydrogen-bond acceptors (Lipinski definition) is 5. The average Bonchev–Trinajstić information content (AvgIpc) is 3.15. The van der Waals surface area contributed by atoms with Crippen molar-refractivity contribution in [1.82, 2.24) is 5.32 Å². The van der Waals surface area contributed by atoms with Gasteiger partial charge in [-0.25, -0.2) is 9.59 Å². The van der Waals surface area contributed by atoms with Gasteiger partial charge in [-0.15, -0.1) is 0 Å². The van der Waals surface area contributed by atoms with Crippen molar-refractivity contribution in [2.75, 3.05) is 6.61 Å². The molecule has 0 unspecified atom stereocenters. The van der Waals surface area contributed by atoms with Crippen molar-refractivity contribution in [1.29, 1.82) is 0 Å². The molecule has 1 atom stereocenters. The molecule has 3 aromatic carbocycles. The number of carbonyl (C=O) groups is 3. The van der Waals surface area contributed by atoms with E-state index in [-0.39, 0.29) is 19.1 Å². The van der Waals surface area contributed by atoms with Gasteiger partial charge in [-0.3, -0.25) is 4.79 Å². The van der Waals surface area contributed by atoms with E-state index in [2.05, 4.69) is 5.32 Å². The SMILES string of the molecule is O=C(C[C@@H](NC(=O)OCC1c2ccccc2-c2ccccc21)C(=O)O)OCc1ccccc1. The van der Waals surface area contributed by atoms with E-state index in [1.807, 2.05) is 66.7 Å². The van der Waals surface area contributed by atoms with Crippen LogP contribution in [0, 0.1) is 0 Å².